The van der Waals surface area contributed by atoms with E-state index in [9.17, 15) is 9.90 Å². The number of carbonyl (C=O) groups excluding carboxylic acids is 1. The number of nitrogens with zero attached hydrogens (tertiary/aromatic N) is 3. The normalized spacial score (nSPS) is 22.9. The molecular weight excluding hydrogens is 422 g/mol. The number of aromatic nitrogens is 1. The summed E-state index contributed by atoms with van der Waals surface area (Å²) in [6.07, 6.45) is 4.11. The molecule has 5 rings (SSSR count). The van der Waals surface area contributed by atoms with E-state index in [-0.39, 0.29) is 30.5 Å². The quantitative estimate of drug-likeness (QED) is 0.631. The average Bonchev–Trinajstić information content (AvgIpc) is 2.84. The summed E-state index contributed by atoms with van der Waals surface area (Å²) in [7, 11) is 0. The molecule has 0 saturated carbocycles. The number of aryl methyl sites for hydroxylation is 1. The number of rotatable bonds is 5. The number of benzene rings is 2. The Morgan fingerprint density at radius 3 is 2.50 bits per heavy atom. The van der Waals surface area contributed by atoms with Crippen molar-refractivity contribution in [2.45, 2.75) is 44.2 Å². The zero-order chi connectivity index (χ0) is 23.5. The first kappa shape index (κ1) is 22.8. The van der Waals surface area contributed by atoms with Crippen molar-refractivity contribution in [3.8, 4) is 11.1 Å². The SMILES string of the molecule is Cc1ccccc1-c1ccc([C@@H]2[C@H]3CN(C(=O)Cc4ccccn4)CCCCN3[C@H]2CO)cc1. The molecule has 3 atom stereocenters. The predicted molar refractivity (Wildman–Crippen MR) is 134 cm³/mol. The molecule has 0 unspecified atom stereocenters. The summed E-state index contributed by atoms with van der Waals surface area (Å²) < 4.78 is 0. The Kier molecular flexibility index (Phi) is 6.75. The van der Waals surface area contributed by atoms with Gasteiger partial charge in [0.15, 0.2) is 0 Å². The number of amides is 1. The Morgan fingerprint density at radius 1 is 1.00 bits per heavy atom. The van der Waals surface area contributed by atoms with Gasteiger partial charge in [0.25, 0.3) is 0 Å². The Labute approximate surface area is 202 Å². The van der Waals surface area contributed by atoms with Crippen LogP contribution in [0.3, 0.4) is 0 Å². The third kappa shape index (κ3) is 4.50. The highest BCUT2D eigenvalue weighted by Gasteiger charge is 2.49. The summed E-state index contributed by atoms with van der Waals surface area (Å²) in [5.74, 6) is 0.362. The molecule has 3 heterocycles. The average molecular weight is 456 g/mol. The Bertz CT molecular complexity index is 1120. The summed E-state index contributed by atoms with van der Waals surface area (Å²) in [4.78, 5) is 21.9. The molecule has 2 saturated heterocycles. The minimum Gasteiger partial charge on any atom is -0.395 e. The van der Waals surface area contributed by atoms with Gasteiger partial charge < -0.3 is 10.0 Å². The van der Waals surface area contributed by atoms with E-state index in [1.54, 1.807) is 6.20 Å². The van der Waals surface area contributed by atoms with Crippen LogP contribution in [0.4, 0.5) is 0 Å². The van der Waals surface area contributed by atoms with Crippen molar-refractivity contribution in [2.24, 2.45) is 0 Å². The lowest BCUT2D eigenvalue weighted by Gasteiger charge is -2.57. The van der Waals surface area contributed by atoms with E-state index < -0.39 is 0 Å². The zero-order valence-corrected chi connectivity index (χ0v) is 19.8. The van der Waals surface area contributed by atoms with Gasteiger partial charge in [-0.3, -0.25) is 14.7 Å². The van der Waals surface area contributed by atoms with Crippen LogP contribution >= 0.6 is 0 Å². The summed E-state index contributed by atoms with van der Waals surface area (Å²) in [5, 5.41) is 10.2. The Morgan fingerprint density at radius 2 is 1.76 bits per heavy atom. The van der Waals surface area contributed by atoms with Crippen LogP contribution < -0.4 is 0 Å². The van der Waals surface area contributed by atoms with Gasteiger partial charge in [0, 0.05) is 43.0 Å². The van der Waals surface area contributed by atoms with Gasteiger partial charge in [0.1, 0.15) is 0 Å². The fraction of sp³-hybridized carbons (Fsp3) is 0.379. The molecule has 0 aliphatic carbocycles. The maximum atomic E-state index is 13.2. The number of aliphatic hydroxyl groups is 1. The van der Waals surface area contributed by atoms with Crippen LogP contribution in [0.25, 0.3) is 11.1 Å². The molecule has 2 aromatic carbocycles. The van der Waals surface area contributed by atoms with Crippen molar-refractivity contribution in [1.82, 2.24) is 14.8 Å². The van der Waals surface area contributed by atoms with Crippen molar-refractivity contribution in [1.29, 1.82) is 0 Å². The van der Waals surface area contributed by atoms with E-state index >= 15 is 0 Å². The minimum absolute atomic E-state index is 0.111. The third-order valence-electron chi connectivity index (χ3n) is 7.53. The number of hydrogen-bond donors (Lipinski definition) is 1. The van der Waals surface area contributed by atoms with E-state index in [0.29, 0.717) is 13.0 Å². The first-order valence-electron chi connectivity index (χ1n) is 12.4. The third-order valence-corrected chi connectivity index (χ3v) is 7.53. The molecule has 34 heavy (non-hydrogen) atoms. The van der Waals surface area contributed by atoms with Gasteiger partial charge in [-0.15, -0.1) is 0 Å². The van der Waals surface area contributed by atoms with Gasteiger partial charge >= 0.3 is 0 Å². The van der Waals surface area contributed by atoms with Crippen LogP contribution in [0.1, 0.15) is 35.6 Å². The molecule has 176 valence electrons. The molecule has 1 amide bonds. The lowest BCUT2D eigenvalue weighted by atomic mass is 9.74. The summed E-state index contributed by atoms with van der Waals surface area (Å²) >= 11 is 0. The second kappa shape index (κ2) is 10.1. The number of carbonyl (C=O) groups is 1. The molecule has 3 aromatic rings. The highest BCUT2D eigenvalue weighted by molar-refractivity contribution is 5.78. The topological polar surface area (TPSA) is 56.7 Å². The van der Waals surface area contributed by atoms with Gasteiger partial charge in [-0.25, -0.2) is 0 Å². The lowest BCUT2D eigenvalue weighted by molar-refractivity contribution is -0.135. The van der Waals surface area contributed by atoms with Crippen LogP contribution in [0.5, 0.6) is 0 Å². The number of aliphatic hydroxyl groups excluding tert-OH is 1. The molecule has 0 spiro atoms. The largest absolute Gasteiger partial charge is 0.395 e. The molecule has 1 N–H and O–H groups in total. The fourth-order valence-electron chi connectivity index (χ4n) is 5.72. The monoisotopic (exact) mass is 455 g/mol. The molecule has 0 radical (unpaired) electrons. The Balaban J connectivity index is 1.36. The van der Waals surface area contributed by atoms with Crippen molar-refractivity contribution in [3.05, 3.63) is 89.7 Å². The second-order valence-corrected chi connectivity index (χ2v) is 9.56. The van der Waals surface area contributed by atoms with Gasteiger partial charge in [-0.1, -0.05) is 54.6 Å². The van der Waals surface area contributed by atoms with Crippen LogP contribution in [0.15, 0.2) is 72.9 Å². The molecule has 0 bridgehead atoms. The summed E-state index contributed by atoms with van der Waals surface area (Å²) in [6, 6.07) is 23.3. The van der Waals surface area contributed by atoms with Crippen LogP contribution in [-0.4, -0.2) is 64.1 Å². The van der Waals surface area contributed by atoms with E-state index in [1.807, 2.05) is 23.1 Å². The standard InChI is InChI=1S/C29H33N3O2/c1-21-8-2-3-10-25(21)22-11-13-23(14-12-22)29-26-19-31(16-6-7-17-32(26)27(29)20-33)28(34)18-24-9-4-5-15-30-24/h2-5,8-15,26-27,29,33H,6-7,16-20H2,1H3/t26-,27+,29-/m1/s1. The number of fused-ring (bicyclic) bond motifs is 1. The van der Waals surface area contributed by atoms with Crippen molar-refractivity contribution in [2.75, 3.05) is 26.2 Å². The molecule has 2 fully saturated rings. The molecule has 5 nitrogen and oxygen atoms in total. The van der Waals surface area contributed by atoms with Gasteiger partial charge in [-0.2, -0.15) is 0 Å². The molecule has 5 heteroatoms. The molecule has 2 aliphatic heterocycles. The van der Waals surface area contributed by atoms with Crippen LogP contribution in [-0.2, 0) is 11.2 Å². The van der Waals surface area contributed by atoms with Crippen molar-refractivity contribution >= 4 is 5.91 Å². The lowest BCUT2D eigenvalue weighted by Crippen LogP contribution is -2.68. The van der Waals surface area contributed by atoms with Crippen LogP contribution in [0, 0.1) is 6.92 Å². The predicted octanol–water partition coefficient (Wildman–Crippen LogP) is 4.05. The van der Waals surface area contributed by atoms with E-state index in [2.05, 4.69) is 65.3 Å². The van der Waals surface area contributed by atoms with Crippen LogP contribution in [0.2, 0.25) is 0 Å². The van der Waals surface area contributed by atoms with E-state index in [1.165, 1.54) is 22.3 Å². The number of pyridine rings is 1. The van der Waals surface area contributed by atoms with E-state index in [0.717, 1.165) is 31.6 Å². The smallest absolute Gasteiger partial charge is 0.228 e. The highest BCUT2D eigenvalue weighted by Crippen LogP contribution is 2.42. The summed E-state index contributed by atoms with van der Waals surface area (Å²) in [5.41, 5.74) is 5.79. The minimum atomic E-state index is 0.111. The van der Waals surface area contributed by atoms with Crippen molar-refractivity contribution in [3.63, 3.8) is 0 Å². The zero-order valence-electron chi connectivity index (χ0n) is 19.8. The summed E-state index contributed by atoms with van der Waals surface area (Å²) in [6.45, 7) is 4.75. The van der Waals surface area contributed by atoms with Gasteiger partial charge in [0.2, 0.25) is 5.91 Å². The first-order chi connectivity index (χ1) is 16.7. The molecule has 1 aromatic heterocycles. The second-order valence-electron chi connectivity index (χ2n) is 9.56. The first-order valence-corrected chi connectivity index (χ1v) is 12.4. The number of hydrogen-bond acceptors (Lipinski definition) is 4. The molecular formula is C29H33N3O2. The molecule has 2 aliphatic rings. The van der Waals surface area contributed by atoms with Crippen molar-refractivity contribution < 1.29 is 9.90 Å². The maximum Gasteiger partial charge on any atom is 0.228 e. The van der Waals surface area contributed by atoms with E-state index in [4.69, 9.17) is 0 Å². The van der Waals surface area contributed by atoms with Gasteiger partial charge in [-0.05, 0) is 60.7 Å². The maximum absolute atomic E-state index is 13.2. The fourth-order valence-corrected chi connectivity index (χ4v) is 5.72. The van der Waals surface area contributed by atoms with Gasteiger partial charge in [0.05, 0.1) is 13.0 Å². The highest BCUT2D eigenvalue weighted by atomic mass is 16.3. The Hall–Kier alpha value is -3.02.